The second kappa shape index (κ2) is 5.23. The lowest BCUT2D eigenvalue weighted by Gasteiger charge is -2.10. The highest BCUT2D eigenvalue weighted by molar-refractivity contribution is 9.10. The predicted octanol–water partition coefficient (Wildman–Crippen LogP) is 3.45. The molecule has 1 N–H and O–H groups in total. The van der Waals surface area contributed by atoms with Gasteiger partial charge in [0.05, 0.1) is 0 Å². The lowest BCUT2D eigenvalue weighted by atomic mass is 10.1. The Labute approximate surface area is 108 Å². The van der Waals surface area contributed by atoms with Crippen LogP contribution in [0.1, 0.15) is 12.0 Å². The molecule has 0 saturated carbocycles. The van der Waals surface area contributed by atoms with Gasteiger partial charge in [-0.15, -0.1) is 0 Å². The maximum absolute atomic E-state index is 11.9. The van der Waals surface area contributed by atoms with Crippen molar-refractivity contribution in [1.29, 1.82) is 0 Å². The van der Waals surface area contributed by atoms with E-state index < -0.39 is 0 Å². The molecule has 86 valence electrons. The minimum atomic E-state index is 0.153. The molecule has 1 atom stereocenters. The van der Waals surface area contributed by atoms with Gasteiger partial charge in [-0.1, -0.05) is 22.0 Å². The van der Waals surface area contributed by atoms with E-state index in [2.05, 4.69) is 21.2 Å². The number of nitrogens with one attached hydrogen (secondary N) is 1. The van der Waals surface area contributed by atoms with Crippen LogP contribution in [0.3, 0.4) is 0 Å². The van der Waals surface area contributed by atoms with Crippen LogP contribution < -0.4 is 5.32 Å². The standard InChI is InChI=1S/C12H14BrNOS/c1-8-2-3-10(6-11(8)13)14-12(15)9-4-5-16-7-9/h2-3,6,9H,4-5,7H2,1H3,(H,14,15). The van der Waals surface area contributed by atoms with Crippen LogP contribution in [0, 0.1) is 12.8 Å². The lowest BCUT2D eigenvalue weighted by Crippen LogP contribution is -2.22. The van der Waals surface area contributed by atoms with E-state index in [4.69, 9.17) is 0 Å². The van der Waals surface area contributed by atoms with Crippen molar-refractivity contribution in [2.24, 2.45) is 5.92 Å². The number of thioether (sulfide) groups is 1. The van der Waals surface area contributed by atoms with Gasteiger partial charge in [0.2, 0.25) is 5.91 Å². The molecule has 0 aromatic heterocycles. The highest BCUT2D eigenvalue weighted by Crippen LogP contribution is 2.26. The Morgan fingerprint density at radius 2 is 2.38 bits per heavy atom. The summed E-state index contributed by atoms with van der Waals surface area (Å²) in [5.41, 5.74) is 2.05. The summed E-state index contributed by atoms with van der Waals surface area (Å²) in [5.74, 6) is 2.40. The van der Waals surface area contributed by atoms with Gasteiger partial charge in [0.15, 0.2) is 0 Å². The molecule has 0 spiro atoms. The summed E-state index contributed by atoms with van der Waals surface area (Å²) in [7, 11) is 0. The molecule has 2 rings (SSSR count). The Morgan fingerprint density at radius 3 is 3.00 bits per heavy atom. The topological polar surface area (TPSA) is 29.1 Å². The number of rotatable bonds is 2. The fourth-order valence-corrected chi connectivity index (χ4v) is 3.26. The second-order valence-corrected chi connectivity index (χ2v) is 6.02. The fraction of sp³-hybridized carbons (Fsp3) is 0.417. The van der Waals surface area contributed by atoms with Gasteiger partial charge in [-0.25, -0.2) is 0 Å². The number of hydrogen-bond acceptors (Lipinski definition) is 2. The molecule has 1 aliphatic heterocycles. The molecule has 1 aliphatic rings. The zero-order chi connectivity index (χ0) is 11.5. The third-order valence-corrected chi connectivity index (χ3v) is 4.76. The van der Waals surface area contributed by atoms with Crippen LogP contribution in [-0.2, 0) is 4.79 Å². The summed E-state index contributed by atoms with van der Waals surface area (Å²) in [4.78, 5) is 11.9. The number of halogens is 1. The first kappa shape index (κ1) is 12.0. The van der Waals surface area contributed by atoms with Gasteiger partial charge < -0.3 is 5.32 Å². The van der Waals surface area contributed by atoms with Crippen LogP contribution >= 0.6 is 27.7 Å². The minimum absolute atomic E-state index is 0.153. The summed E-state index contributed by atoms with van der Waals surface area (Å²) in [6.07, 6.45) is 1.00. The van der Waals surface area contributed by atoms with E-state index in [0.717, 1.165) is 28.1 Å². The van der Waals surface area contributed by atoms with Gasteiger partial charge in [-0.2, -0.15) is 11.8 Å². The zero-order valence-electron chi connectivity index (χ0n) is 9.13. The van der Waals surface area contributed by atoms with E-state index in [1.807, 2.05) is 36.9 Å². The van der Waals surface area contributed by atoms with Crippen molar-refractivity contribution in [3.63, 3.8) is 0 Å². The summed E-state index contributed by atoms with van der Waals surface area (Å²) in [6, 6.07) is 5.90. The highest BCUT2D eigenvalue weighted by Gasteiger charge is 2.23. The Hall–Kier alpha value is -0.480. The predicted molar refractivity (Wildman–Crippen MR) is 72.9 cm³/mol. The lowest BCUT2D eigenvalue weighted by molar-refractivity contribution is -0.119. The second-order valence-electron chi connectivity index (χ2n) is 4.01. The molecule has 1 aromatic carbocycles. The maximum Gasteiger partial charge on any atom is 0.228 e. The monoisotopic (exact) mass is 299 g/mol. The van der Waals surface area contributed by atoms with Gasteiger partial charge in [0, 0.05) is 21.8 Å². The van der Waals surface area contributed by atoms with Gasteiger partial charge in [0.1, 0.15) is 0 Å². The van der Waals surface area contributed by atoms with Crippen LogP contribution in [0.15, 0.2) is 22.7 Å². The molecule has 2 nitrogen and oxygen atoms in total. The summed E-state index contributed by atoms with van der Waals surface area (Å²) < 4.78 is 1.03. The van der Waals surface area contributed by atoms with Crippen LogP contribution in [0.4, 0.5) is 5.69 Å². The van der Waals surface area contributed by atoms with E-state index in [9.17, 15) is 4.79 Å². The van der Waals surface area contributed by atoms with E-state index in [0.29, 0.717) is 0 Å². The molecule has 0 bridgehead atoms. The zero-order valence-corrected chi connectivity index (χ0v) is 11.5. The van der Waals surface area contributed by atoms with Crippen molar-refractivity contribution < 1.29 is 4.79 Å². The van der Waals surface area contributed by atoms with Gasteiger partial charge in [-0.3, -0.25) is 4.79 Å². The fourth-order valence-electron chi connectivity index (χ4n) is 1.66. The molecule has 4 heteroatoms. The van der Waals surface area contributed by atoms with Gasteiger partial charge in [-0.05, 0) is 36.8 Å². The average Bonchev–Trinajstić information content (AvgIpc) is 2.77. The Morgan fingerprint density at radius 1 is 1.56 bits per heavy atom. The van der Waals surface area contributed by atoms with Crippen molar-refractivity contribution in [2.45, 2.75) is 13.3 Å². The van der Waals surface area contributed by atoms with Crippen molar-refractivity contribution in [1.82, 2.24) is 0 Å². The first-order valence-electron chi connectivity index (χ1n) is 5.31. The number of hydrogen-bond donors (Lipinski definition) is 1. The first-order chi connectivity index (χ1) is 7.66. The number of carbonyl (C=O) groups is 1. The molecule has 0 aliphatic carbocycles. The Bertz CT molecular complexity index is 402. The van der Waals surface area contributed by atoms with E-state index >= 15 is 0 Å². The number of amides is 1. The van der Waals surface area contributed by atoms with Crippen molar-refractivity contribution in [3.8, 4) is 0 Å². The van der Waals surface area contributed by atoms with E-state index in [-0.39, 0.29) is 11.8 Å². The van der Waals surface area contributed by atoms with Crippen LogP contribution in [-0.4, -0.2) is 17.4 Å². The van der Waals surface area contributed by atoms with Crippen molar-refractivity contribution in [2.75, 3.05) is 16.8 Å². The summed E-state index contributed by atoms with van der Waals surface area (Å²) in [5, 5.41) is 2.97. The highest BCUT2D eigenvalue weighted by atomic mass is 79.9. The third-order valence-electron chi connectivity index (χ3n) is 2.74. The molecular weight excluding hydrogens is 286 g/mol. The van der Waals surface area contributed by atoms with Gasteiger partial charge >= 0.3 is 0 Å². The molecule has 1 unspecified atom stereocenters. The van der Waals surface area contributed by atoms with Crippen LogP contribution in [0.25, 0.3) is 0 Å². The quantitative estimate of drug-likeness (QED) is 0.906. The number of carbonyl (C=O) groups excluding carboxylic acids is 1. The van der Waals surface area contributed by atoms with Crippen LogP contribution in [0.5, 0.6) is 0 Å². The molecule has 1 fully saturated rings. The number of anilines is 1. The van der Waals surface area contributed by atoms with E-state index in [1.54, 1.807) is 0 Å². The molecule has 0 radical (unpaired) electrons. The Balaban J connectivity index is 2.02. The largest absolute Gasteiger partial charge is 0.326 e. The first-order valence-corrected chi connectivity index (χ1v) is 7.26. The normalized spacial score (nSPS) is 19.8. The molecule has 1 aromatic rings. The number of aryl methyl sites for hydroxylation is 1. The third kappa shape index (κ3) is 2.80. The SMILES string of the molecule is Cc1ccc(NC(=O)C2CCSC2)cc1Br. The summed E-state index contributed by atoms with van der Waals surface area (Å²) in [6.45, 7) is 2.03. The molecule has 1 amide bonds. The molecular formula is C12H14BrNOS. The average molecular weight is 300 g/mol. The number of benzene rings is 1. The van der Waals surface area contributed by atoms with Crippen molar-refractivity contribution >= 4 is 39.3 Å². The summed E-state index contributed by atoms with van der Waals surface area (Å²) >= 11 is 5.32. The van der Waals surface area contributed by atoms with Gasteiger partial charge in [0.25, 0.3) is 0 Å². The molecule has 16 heavy (non-hydrogen) atoms. The maximum atomic E-state index is 11.9. The van der Waals surface area contributed by atoms with Crippen molar-refractivity contribution in [3.05, 3.63) is 28.2 Å². The molecule has 1 saturated heterocycles. The van der Waals surface area contributed by atoms with Crippen LogP contribution in [0.2, 0.25) is 0 Å². The minimum Gasteiger partial charge on any atom is -0.326 e. The molecule has 1 heterocycles. The smallest absolute Gasteiger partial charge is 0.228 e. The Kier molecular flexibility index (Phi) is 3.92. The van der Waals surface area contributed by atoms with E-state index in [1.165, 1.54) is 5.56 Å².